The monoisotopic (exact) mass is 527 g/mol. The number of aromatic nitrogens is 2. The number of pyridine rings is 1. The predicted molar refractivity (Wildman–Crippen MR) is 138 cm³/mol. The largest absolute Gasteiger partial charge is 1.00 e. The molecule has 4 aromatic rings. The summed E-state index contributed by atoms with van der Waals surface area (Å²) in [6.45, 7) is 3.40. The van der Waals surface area contributed by atoms with Crippen LogP contribution in [0.5, 0.6) is 0 Å². The van der Waals surface area contributed by atoms with E-state index in [1.165, 1.54) is 16.9 Å². The van der Waals surface area contributed by atoms with E-state index in [0.29, 0.717) is 11.6 Å². The van der Waals surface area contributed by atoms with Gasteiger partial charge in [-0.1, -0.05) is 59.8 Å². The van der Waals surface area contributed by atoms with Gasteiger partial charge in [-0.15, -0.1) is 11.3 Å². The number of anilines is 1. The molecule has 1 aliphatic heterocycles. The van der Waals surface area contributed by atoms with E-state index < -0.39 is 0 Å². The van der Waals surface area contributed by atoms with Crippen LogP contribution in [0, 0.1) is 0 Å². The summed E-state index contributed by atoms with van der Waals surface area (Å²) in [5.41, 5.74) is 3.29. The SMILES string of the molecule is CCn1c(=O)/c(=C2\Sc3cccc(Cl)c3N2C)s/c1=C\c1cccc[n+]1Cc1ccccc1.[Cl-]. The van der Waals surface area contributed by atoms with Crippen molar-refractivity contribution in [2.24, 2.45) is 0 Å². The van der Waals surface area contributed by atoms with Crippen molar-refractivity contribution in [2.45, 2.75) is 24.9 Å². The molecule has 0 N–H and O–H groups in total. The zero-order chi connectivity index (χ0) is 22.9. The molecule has 34 heavy (non-hydrogen) atoms. The van der Waals surface area contributed by atoms with Crippen LogP contribution in [0.2, 0.25) is 5.02 Å². The lowest BCUT2D eigenvalue weighted by Crippen LogP contribution is -3.00. The maximum Gasteiger partial charge on any atom is 0.271 e. The van der Waals surface area contributed by atoms with Crippen molar-refractivity contribution in [1.82, 2.24) is 4.57 Å². The smallest absolute Gasteiger partial charge is 0.271 e. The number of benzene rings is 2. The first-order valence-electron chi connectivity index (χ1n) is 10.7. The second kappa shape index (κ2) is 10.4. The van der Waals surface area contributed by atoms with Gasteiger partial charge in [0.2, 0.25) is 5.69 Å². The first kappa shape index (κ1) is 24.6. The number of nitrogens with zero attached hydrogens (tertiary/aromatic N) is 3. The van der Waals surface area contributed by atoms with Crippen LogP contribution in [-0.2, 0) is 13.1 Å². The Hall–Kier alpha value is -2.51. The van der Waals surface area contributed by atoms with E-state index >= 15 is 0 Å². The van der Waals surface area contributed by atoms with Crippen LogP contribution in [0.1, 0.15) is 18.2 Å². The van der Waals surface area contributed by atoms with Crippen molar-refractivity contribution < 1.29 is 17.0 Å². The Balaban J connectivity index is 0.00000274. The minimum absolute atomic E-state index is 0. The van der Waals surface area contributed by atoms with Crippen molar-refractivity contribution in [1.29, 1.82) is 0 Å². The summed E-state index contributed by atoms with van der Waals surface area (Å²) in [7, 11) is 1.98. The summed E-state index contributed by atoms with van der Waals surface area (Å²) >= 11 is 9.60. The molecule has 0 radical (unpaired) electrons. The first-order chi connectivity index (χ1) is 16.1. The summed E-state index contributed by atoms with van der Waals surface area (Å²) in [6.07, 6.45) is 4.19. The van der Waals surface area contributed by atoms with E-state index in [4.69, 9.17) is 11.6 Å². The zero-order valence-corrected chi connectivity index (χ0v) is 21.9. The van der Waals surface area contributed by atoms with Crippen LogP contribution in [-0.4, -0.2) is 11.6 Å². The number of thioether (sulfide) groups is 1. The highest BCUT2D eigenvalue weighted by molar-refractivity contribution is 8.08. The van der Waals surface area contributed by atoms with E-state index in [1.54, 1.807) is 11.8 Å². The molecule has 4 nitrogen and oxygen atoms in total. The van der Waals surface area contributed by atoms with Gasteiger partial charge >= 0.3 is 0 Å². The highest BCUT2D eigenvalue weighted by atomic mass is 35.5. The van der Waals surface area contributed by atoms with Crippen LogP contribution in [0.3, 0.4) is 0 Å². The lowest BCUT2D eigenvalue weighted by Gasteiger charge is -2.13. The molecule has 1 aliphatic rings. The van der Waals surface area contributed by atoms with Gasteiger partial charge < -0.3 is 17.3 Å². The van der Waals surface area contributed by atoms with Crippen LogP contribution in [0.15, 0.2) is 82.6 Å². The first-order valence-corrected chi connectivity index (χ1v) is 12.8. The third-order valence-corrected chi connectivity index (χ3v) is 8.44. The lowest BCUT2D eigenvalue weighted by atomic mass is 10.2. The summed E-state index contributed by atoms with van der Waals surface area (Å²) < 4.78 is 5.74. The molecular formula is C26H23Cl2N3OS2. The number of fused-ring (bicyclic) bond motifs is 1. The van der Waals surface area contributed by atoms with Crippen molar-refractivity contribution in [3.63, 3.8) is 0 Å². The van der Waals surface area contributed by atoms with E-state index in [-0.39, 0.29) is 18.0 Å². The van der Waals surface area contributed by atoms with Gasteiger partial charge in [-0.2, -0.15) is 4.57 Å². The van der Waals surface area contributed by atoms with Crippen molar-refractivity contribution in [3.05, 3.63) is 109 Å². The number of para-hydroxylation sites is 1. The fraction of sp³-hybridized carbons (Fsp3) is 0.154. The number of rotatable bonds is 4. The van der Waals surface area contributed by atoms with E-state index in [0.717, 1.165) is 37.0 Å². The topological polar surface area (TPSA) is 29.1 Å². The molecule has 0 bridgehead atoms. The fourth-order valence-electron chi connectivity index (χ4n) is 4.02. The molecule has 174 valence electrons. The minimum atomic E-state index is 0. The van der Waals surface area contributed by atoms with E-state index in [2.05, 4.69) is 47.2 Å². The Morgan fingerprint density at radius 2 is 1.79 bits per heavy atom. The molecule has 0 saturated heterocycles. The third-order valence-electron chi connectivity index (χ3n) is 5.66. The van der Waals surface area contributed by atoms with Gasteiger partial charge in [-0.05, 0) is 25.1 Å². The Morgan fingerprint density at radius 1 is 1.03 bits per heavy atom. The van der Waals surface area contributed by atoms with E-state index in [9.17, 15) is 4.79 Å². The third kappa shape index (κ3) is 4.56. The molecule has 0 saturated carbocycles. The Labute approximate surface area is 217 Å². The van der Waals surface area contributed by atoms with Crippen molar-refractivity contribution >= 4 is 51.5 Å². The number of halogens is 2. The maximum absolute atomic E-state index is 13.4. The van der Waals surface area contributed by atoms with Crippen molar-refractivity contribution in [3.8, 4) is 0 Å². The summed E-state index contributed by atoms with van der Waals surface area (Å²) in [4.78, 5) is 16.5. The van der Waals surface area contributed by atoms with E-state index in [1.807, 2.05) is 59.8 Å². The van der Waals surface area contributed by atoms with Gasteiger partial charge in [0.25, 0.3) is 5.56 Å². The molecule has 0 amide bonds. The summed E-state index contributed by atoms with van der Waals surface area (Å²) in [5.74, 6) is 0. The lowest BCUT2D eigenvalue weighted by molar-refractivity contribution is -0.690. The molecule has 0 unspecified atom stereocenters. The molecule has 0 aliphatic carbocycles. The fourth-order valence-corrected chi connectivity index (χ4v) is 6.86. The predicted octanol–water partition coefficient (Wildman–Crippen LogP) is 1.06. The molecule has 8 heteroatoms. The molecular weight excluding hydrogens is 505 g/mol. The summed E-state index contributed by atoms with van der Waals surface area (Å²) in [6, 6.07) is 22.4. The zero-order valence-electron chi connectivity index (χ0n) is 18.7. The molecule has 2 aromatic heterocycles. The molecule has 5 rings (SSSR count). The summed E-state index contributed by atoms with van der Waals surface area (Å²) in [5, 5.41) is 1.63. The Bertz CT molecular complexity index is 1510. The van der Waals surface area contributed by atoms with Crippen LogP contribution < -0.4 is 36.6 Å². The normalized spacial score (nSPS) is 14.8. The van der Waals surface area contributed by atoms with Crippen LogP contribution >= 0.6 is 34.7 Å². The standard InChI is InChI=1S/C26H23ClN3OS2.ClH/c1-3-30-22(16-19-12-7-8-15-29(19)17-18-10-5-4-6-11-18)33-24(25(30)31)26-28(2)23-20(27)13-9-14-21(23)32-26;/h4-16H,3,17H2,1-2H3;1H/q+1;/p-1/b26-24+;. The number of thiazole rings is 1. The highest BCUT2D eigenvalue weighted by Crippen LogP contribution is 2.48. The average molecular weight is 529 g/mol. The second-order valence-corrected chi connectivity index (χ2v) is 10.2. The Morgan fingerprint density at radius 3 is 2.53 bits per heavy atom. The average Bonchev–Trinajstić information content (AvgIpc) is 3.32. The number of hydrogen-bond donors (Lipinski definition) is 0. The van der Waals surface area contributed by atoms with Crippen LogP contribution in [0.4, 0.5) is 5.69 Å². The molecule has 0 spiro atoms. The van der Waals surface area contributed by atoms with Gasteiger partial charge in [-0.25, -0.2) is 0 Å². The molecule has 3 heterocycles. The molecule has 2 aromatic carbocycles. The van der Waals surface area contributed by atoms with Crippen molar-refractivity contribution in [2.75, 3.05) is 11.9 Å². The van der Waals surface area contributed by atoms with Gasteiger partial charge in [0.1, 0.15) is 14.2 Å². The second-order valence-electron chi connectivity index (χ2n) is 7.75. The van der Waals surface area contributed by atoms with Gasteiger partial charge in [0, 0.05) is 42.3 Å². The quantitative estimate of drug-likeness (QED) is 0.371. The number of hydrogen-bond acceptors (Lipinski definition) is 4. The van der Waals surface area contributed by atoms with Gasteiger partial charge in [0.05, 0.1) is 10.7 Å². The van der Waals surface area contributed by atoms with Gasteiger partial charge in [0.15, 0.2) is 12.7 Å². The molecule has 0 fully saturated rings. The highest BCUT2D eigenvalue weighted by Gasteiger charge is 2.26. The Kier molecular flexibility index (Phi) is 7.53. The maximum atomic E-state index is 13.4. The molecule has 0 atom stereocenters. The van der Waals surface area contributed by atoms with Crippen LogP contribution in [0.25, 0.3) is 11.1 Å². The minimum Gasteiger partial charge on any atom is -1.00 e. The van der Waals surface area contributed by atoms with Gasteiger partial charge in [-0.3, -0.25) is 9.36 Å².